The van der Waals surface area contributed by atoms with E-state index in [2.05, 4.69) is 0 Å². The predicted octanol–water partition coefficient (Wildman–Crippen LogP) is 2.63. The maximum atomic E-state index is 13.4. The van der Waals surface area contributed by atoms with Crippen molar-refractivity contribution in [2.45, 2.75) is 31.2 Å². The van der Waals surface area contributed by atoms with E-state index in [-0.39, 0.29) is 16.7 Å². The van der Waals surface area contributed by atoms with E-state index in [1.165, 1.54) is 13.0 Å². The second-order valence-electron chi connectivity index (χ2n) is 4.78. The Morgan fingerprint density at radius 1 is 1.40 bits per heavy atom. The third kappa shape index (κ3) is 1.97. The van der Waals surface area contributed by atoms with Crippen molar-refractivity contribution in [2.75, 3.05) is 0 Å². The minimum atomic E-state index is -4.95. The number of hydrogen-bond acceptors (Lipinski definition) is 3. The molecule has 0 saturated carbocycles. The zero-order chi connectivity index (χ0) is 15.3. The summed E-state index contributed by atoms with van der Waals surface area (Å²) in [6.45, 7) is 1.49. The van der Waals surface area contributed by atoms with Gasteiger partial charge in [-0.15, -0.1) is 0 Å². The number of aliphatic hydroxyl groups is 1. The normalized spacial score (nSPS) is 28.6. The van der Waals surface area contributed by atoms with Crippen molar-refractivity contribution in [2.24, 2.45) is 5.73 Å². The molecule has 1 aromatic rings. The molecule has 0 fully saturated rings. The van der Waals surface area contributed by atoms with Gasteiger partial charge in [-0.2, -0.15) is 13.2 Å². The van der Waals surface area contributed by atoms with Crippen LogP contribution in [-0.4, -0.2) is 22.0 Å². The molecule has 1 aliphatic carbocycles. The minimum absolute atomic E-state index is 0.150. The molecule has 2 unspecified atom stereocenters. The van der Waals surface area contributed by atoms with Gasteiger partial charge in [-0.3, -0.25) is 0 Å². The highest BCUT2D eigenvalue weighted by Crippen LogP contribution is 2.50. The molecule has 2 atom stereocenters. The molecular formula is C13H13F4NO2. The molecule has 0 amide bonds. The number of phenols is 1. The van der Waals surface area contributed by atoms with E-state index in [1.54, 1.807) is 0 Å². The molecule has 0 heterocycles. The fourth-order valence-electron chi connectivity index (χ4n) is 2.40. The Bertz CT molecular complexity index is 582. The Hall–Kier alpha value is -1.60. The van der Waals surface area contributed by atoms with Gasteiger partial charge in [0.25, 0.3) is 0 Å². The SMILES string of the molecule is CC=C1CC(O)(C(F)(F)F)C(N)c2cc(F)c(O)cc21. The van der Waals surface area contributed by atoms with Crippen molar-refractivity contribution >= 4 is 5.57 Å². The number of aromatic hydroxyl groups is 1. The summed E-state index contributed by atoms with van der Waals surface area (Å²) in [6.07, 6.45) is -4.32. The molecule has 0 bridgehead atoms. The van der Waals surface area contributed by atoms with Crippen LogP contribution in [-0.2, 0) is 0 Å². The van der Waals surface area contributed by atoms with Gasteiger partial charge < -0.3 is 15.9 Å². The average molecular weight is 291 g/mol. The van der Waals surface area contributed by atoms with E-state index < -0.39 is 35.8 Å². The quantitative estimate of drug-likeness (QED) is 0.644. The number of alkyl halides is 3. The Balaban J connectivity index is 2.70. The fourth-order valence-corrected chi connectivity index (χ4v) is 2.40. The molecule has 1 aromatic carbocycles. The van der Waals surface area contributed by atoms with Crippen LogP contribution in [0.1, 0.15) is 30.5 Å². The topological polar surface area (TPSA) is 66.5 Å². The van der Waals surface area contributed by atoms with Crippen molar-refractivity contribution < 1.29 is 27.8 Å². The van der Waals surface area contributed by atoms with Crippen LogP contribution in [0.4, 0.5) is 17.6 Å². The van der Waals surface area contributed by atoms with Gasteiger partial charge in [-0.1, -0.05) is 6.08 Å². The smallest absolute Gasteiger partial charge is 0.419 e. The highest BCUT2D eigenvalue weighted by atomic mass is 19.4. The summed E-state index contributed by atoms with van der Waals surface area (Å²) in [4.78, 5) is 0. The number of fused-ring (bicyclic) bond motifs is 1. The summed E-state index contributed by atoms with van der Waals surface area (Å²) < 4.78 is 52.5. The summed E-state index contributed by atoms with van der Waals surface area (Å²) in [7, 11) is 0. The van der Waals surface area contributed by atoms with Crippen LogP contribution in [0.15, 0.2) is 18.2 Å². The first-order chi connectivity index (χ1) is 9.11. The predicted molar refractivity (Wildman–Crippen MR) is 64.3 cm³/mol. The first kappa shape index (κ1) is 14.8. The molecule has 0 aromatic heterocycles. The number of hydrogen-bond donors (Lipinski definition) is 3. The third-order valence-corrected chi connectivity index (χ3v) is 3.61. The lowest BCUT2D eigenvalue weighted by molar-refractivity contribution is -0.267. The monoisotopic (exact) mass is 291 g/mol. The van der Waals surface area contributed by atoms with Gasteiger partial charge in [-0.25, -0.2) is 4.39 Å². The lowest BCUT2D eigenvalue weighted by Crippen LogP contribution is -2.55. The largest absolute Gasteiger partial charge is 0.505 e. The summed E-state index contributed by atoms with van der Waals surface area (Å²) in [5.74, 6) is -1.76. The number of allylic oxidation sites excluding steroid dienone is 1. The Morgan fingerprint density at radius 2 is 2.00 bits per heavy atom. The summed E-state index contributed by atoms with van der Waals surface area (Å²) in [6, 6.07) is -0.0684. The average Bonchev–Trinajstić information content (AvgIpc) is 2.35. The third-order valence-electron chi connectivity index (χ3n) is 3.61. The van der Waals surface area contributed by atoms with Crippen molar-refractivity contribution in [1.82, 2.24) is 0 Å². The van der Waals surface area contributed by atoms with Crippen LogP contribution < -0.4 is 5.73 Å². The highest BCUT2D eigenvalue weighted by molar-refractivity contribution is 5.73. The van der Waals surface area contributed by atoms with Crippen LogP contribution in [0, 0.1) is 5.82 Å². The summed E-state index contributed by atoms with van der Waals surface area (Å²) in [5, 5.41) is 19.2. The van der Waals surface area contributed by atoms with E-state index in [0.717, 1.165) is 12.1 Å². The van der Waals surface area contributed by atoms with Gasteiger partial charge in [0.05, 0.1) is 6.04 Å². The van der Waals surface area contributed by atoms with E-state index in [1.807, 2.05) is 0 Å². The molecule has 0 saturated heterocycles. The maximum absolute atomic E-state index is 13.4. The van der Waals surface area contributed by atoms with Crippen LogP contribution in [0.25, 0.3) is 5.57 Å². The van der Waals surface area contributed by atoms with Crippen molar-refractivity contribution in [3.8, 4) is 5.75 Å². The molecule has 2 rings (SSSR count). The Labute approximate surface area is 112 Å². The van der Waals surface area contributed by atoms with E-state index in [4.69, 9.17) is 5.73 Å². The molecule has 3 nitrogen and oxygen atoms in total. The number of phenolic OH excluding ortho intramolecular Hbond substituents is 1. The van der Waals surface area contributed by atoms with Gasteiger partial charge in [0.15, 0.2) is 17.2 Å². The molecule has 0 radical (unpaired) electrons. The van der Waals surface area contributed by atoms with Gasteiger partial charge in [0, 0.05) is 6.42 Å². The van der Waals surface area contributed by atoms with Gasteiger partial charge in [0.1, 0.15) is 0 Å². The van der Waals surface area contributed by atoms with Crippen LogP contribution in [0.2, 0.25) is 0 Å². The Morgan fingerprint density at radius 3 is 2.50 bits per heavy atom. The lowest BCUT2D eigenvalue weighted by Gasteiger charge is -2.41. The number of benzene rings is 1. The second-order valence-corrected chi connectivity index (χ2v) is 4.78. The molecule has 20 heavy (non-hydrogen) atoms. The molecule has 7 heteroatoms. The van der Waals surface area contributed by atoms with E-state index in [9.17, 15) is 27.8 Å². The van der Waals surface area contributed by atoms with Crippen molar-refractivity contribution in [1.29, 1.82) is 0 Å². The molecule has 0 spiro atoms. The molecule has 0 aliphatic heterocycles. The van der Waals surface area contributed by atoms with Gasteiger partial charge in [-0.05, 0) is 35.8 Å². The van der Waals surface area contributed by atoms with Crippen LogP contribution >= 0.6 is 0 Å². The van der Waals surface area contributed by atoms with Crippen molar-refractivity contribution in [3.63, 3.8) is 0 Å². The van der Waals surface area contributed by atoms with Crippen LogP contribution in [0.5, 0.6) is 5.75 Å². The van der Waals surface area contributed by atoms with E-state index >= 15 is 0 Å². The molecular weight excluding hydrogens is 278 g/mol. The standard InChI is InChI=1S/C13H13F4NO2/c1-2-6-5-12(20,13(15,16)17)11(18)8-3-9(14)10(19)4-7(6)8/h2-4,11,19-20H,5,18H2,1H3. The van der Waals surface area contributed by atoms with Crippen LogP contribution in [0.3, 0.4) is 0 Å². The second kappa shape index (κ2) is 4.46. The summed E-state index contributed by atoms with van der Waals surface area (Å²) >= 11 is 0. The number of rotatable bonds is 0. The van der Waals surface area contributed by atoms with E-state index in [0.29, 0.717) is 0 Å². The lowest BCUT2D eigenvalue weighted by atomic mass is 9.73. The first-order valence-corrected chi connectivity index (χ1v) is 5.84. The molecule has 1 aliphatic rings. The highest BCUT2D eigenvalue weighted by Gasteiger charge is 2.60. The zero-order valence-corrected chi connectivity index (χ0v) is 10.5. The minimum Gasteiger partial charge on any atom is -0.505 e. The summed E-state index contributed by atoms with van der Waals surface area (Å²) in [5.41, 5.74) is 2.52. The number of nitrogens with two attached hydrogens (primary N) is 1. The molecule has 4 N–H and O–H groups in total. The van der Waals surface area contributed by atoms with Gasteiger partial charge in [0.2, 0.25) is 0 Å². The Kier molecular flexibility index (Phi) is 3.30. The zero-order valence-electron chi connectivity index (χ0n) is 10.5. The first-order valence-electron chi connectivity index (χ1n) is 5.84. The number of halogens is 4. The molecule has 110 valence electrons. The fraction of sp³-hybridized carbons (Fsp3) is 0.385. The van der Waals surface area contributed by atoms with Crippen molar-refractivity contribution in [3.05, 3.63) is 35.2 Å². The maximum Gasteiger partial charge on any atom is 0.419 e. The van der Waals surface area contributed by atoms with Gasteiger partial charge >= 0.3 is 6.18 Å².